The second-order valence-electron chi connectivity index (χ2n) is 12.2. The van der Waals surface area contributed by atoms with Gasteiger partial charge in [-0.05, 0) is 73.4 Å². The molecule has 4 heterocycles. The van der Waals surface area contributed by atoms with E-state index in [1.807, 2.05) is 75.9 Å². The molecule has 46 heavy (non-hydrogen) atoms. The molecule has 1 fully saturated rings. The molecule has 236 valence electrons. The molecule has 9 nitrogen and oxygen atoms in total. The summed E-state index contributed by atoms with van der Waals surface area (Å²) in [5.41, 5.74) is 2.44. The Bertz CT molecular complexity index is 2070. The summed E-state index contributed by atoms with van der Waals surface area (Å²) in [7, 11) is 1.57. The number of hydrogen-bond acceptors (Lipinski definition) is 7. The van der Waals surface area contributed by atoms with Gasteiger partial charge in [-0.1, -0.05) is 44.7 Å². The topological polar surface area (TPSA) is 93.5 Å². The van der Waals surface area contributed by atoms with Crippen LogP contribution in [0.4, 0.5) is 10.2 Å². The lowest BCUT2D eigenvalue weighted by Crippen LogP contribution is -2.58. The third-order valence-corrected chi connectivity index (χ3v) is 8.77. The maximum Gasteiger partial charge on any atom is 0.355 e. The van der Waals surface area contributed by atoms with Crippen LogP contribution in [0.15, 0.2) is 72.2 Å². The Hall–Kier alpha value is -5.12. The van der Waals surface area contributed by atoms with Gasteiger partial charge in [-0.15, -0.1) is 0 Å². The summed E-state index contributed by atoms with van der Waals surface area (Å²) >= 11 is 0. The Morgan fingerprint density at radius 3 is 2.54 bits per heavy atom. The molecule has 0 N–H and O–H groups in total. The van der Waals surface area contributed by atoms with Gasteiger partial charge in [0.15, 0.2) is 5.65 Å². The summed E-state index contributed by atoms with van der Waals surface area (Å²) in [6.45, 7) is 14.2. The van der Waals surface area contributed by atoms with Crippen molar-refractivity contribution in [2.24, 2.45) is 0 Å². The minimum Gasteiger partial charge on any atom is -0.497 e. The first-order valence-electron chi connectivity index (χ1n) is 15.4. The molecule has 5 aromatic rings. The van der Waals surface area contributed by atoms with Crippen LogP contribution in [-0.4, -0.2) is 62.6 Å². The number of aromatic nitrogens is 4. The van der Waals surface area contributed by atoms with Crippen molar-refractivity contribution in [2.45, 2.75) is 52.6 Å². The SMILES string of the molecule is C=CC(=O)N1C[C@H](C)N(c2nc(=O)n(-c3c(C)ccnc3C(C)C)c3nc(-c4cc(OC)cc5ccccc45)c(F)cc23)C[C@H]1C. The molecule has 0 bridgehead atoms. The number of carbonyl (C=O) groups excluding carboxylic acids is 1. The number of methoxy groups -OCH3 is 1. The van der Waals surface area contributed by atoms with Gasteiger partial charge in [0.1, 0.15) is 23.1 Å². The minimum absolute atomic E-state index is 0.0184. The summed E-state index contributed by atoms with van der Waals surface area (Å²) in [5.74, 6) is 0.135. The largest absolute Gasteiger partial charge is 0.497 e. The Balaban J connectivity index is 1.68. The van der Waals surface area contributed by atoms with E-state index < -0.39 is 11.5 Å². The average molecular weight is 621 g/mol. The fourth-order valence-electron chi connectivity index (χ4n) is 6.44. The summed E-state index contributed by atoms with van der Waals surface area (Å²) in [4.78, 5) is 44.7. The summed E-state index contributed by atoms with van der Waals surface area (Å²) in [6.07, 6.45) is 3.02. The number of aryl methyl sites for hydroxylation is 1. The van der Waals surface area contributed by atoms with Gasteiger partial charge in [-0.2, -0.15) is 4.98 Å². The third-order valence-electron chi connectivity index (χ3n) is 8.77. The van der Waals surface area contributed by atoms with Crippen molar-refractivity contribution in [1.82, 2.24) is 24.4 Å². The molecule has 0 unspecified atom stereocenters. The highest BCUT2D eigenvalue weighted by Crippen LogP contribution is 2.37. The molecule has 10 heteroatoms. The van der Waals surface area contributed by atoms with Gasteiger partial charge in [-0.3, -0.25) is 9.78 Å². The van der Waals surface area contributed by atoms with Gasteiger partial charge in [0.2, 0.25) is 5.91 Å². The van der Waals surface area contributed by atoms with Crippen LogP contribution in [0.25, 0.3) is 38.8 Å². The molecule has 0 aliphatic carbocycles. The highest BCUT2D eigenvalue weighted by molar-refractivity contribution is 5.99. The minimum atomic E-state index is -0.563. The van der Waals surface area contributed by atoms with Gasteiger partial charge in [0, 0.05) is 36.9 Å². The first kappa shape index (κ1) is 30.9. The lowest BCUT2D eigenvalue weighted by Gasteiger charge is -2.44. The lowest BCUT2D eigenvalue weighted by molar-refractivity contribution is -0.128. The second-order valence-corrected chi connectivity index (χ2v) is 12.2. The van der Waals surface area contributed by atoms with Crippen LogP contribution in [0, 0.1) is 12.7 Å². The van der Waals surface area contributed by atoms with Crippen LogP contribution in [0.3, 0.4) is 0 Å². The zero-order valence-corrected chi connectivity index (χ0v) is 26.9. The predicted molar refractivity (Wildman–Crippen MR) is 179 cm³/mol. The lowest BCUT2D eigenvalue weighted by atomic mass is 10.00. The maximum absolute atomic E-state index is 16.5. The van der Waals surface area contributed by atoms with E-state index in [4.69, 9.17) is 9.72 Å². The van der Waals surface area contributed by atoms with Crippen LogP contribution < -0.4 is 15.3 Å². The molecule has 0 saturated carbocycles. The second kappa shape index (κ2) is 12.0. The molecule has 0 radical (unpaired) electrons. The number of piperazine rings is 1. The van der Waals surface area contributed by atoms with E-state index in [-0.39, 0.29) is 35.2 Å². The molecule has 3 aromatic heterocycles. The van der Waals surface area contributed by atoms with E-state index in [0.717, 1.165) is 16.3 Å². The molecule has 2 atom stereocenters. The third kappa shape index (κ3) is 5.17. The Kier molecular flexibility index (Phi) is 8.06. The molecule has 1 aliphatic rings. The number of hydrogen-bond donors (Lipinski definition) is 0. The van der Waals surface area contributed by atoms with Crippen molar-refractivity contribution in [2.75, 3.05) is 25.1 Å². The van der Waals surface area contributed by atoms with E-state index in [9.17, 15) is 9.59 Å². The number of fused-ring (bicyclic) bond motifs is 2. The van der Waals surface area contributed by atoms with Crippen molar-refractivity contribution in [1.29, 1.82) is 0 Å². The van der Waals surface area contributed by atoms with E-state index in [1.165, 1.54) is 16.7 Å². The molecule has 6 rings (SSSR count). The number of halogens is 1. The van der Waals surface area contributed by atoms with Crippen LogP contribution in [0.2, 0.25) is 0 Å². The first-order chi connectivity index (χ1) is 22.0. The first-order valence-corrected chi connectivity index (χ1v) is 15.4. The van der Waals surface area contributed by atoms with E-state index in [0.29, 0.717) is 47.0 Å². The fraction of sp³-hybridized carbons (Fsp3) is 0.306. The monoisotopic (exact) mass is 620 g/mol. The summed E-state index contributed by atoms with van der Waals surface area (Å²) in [6, 6.07) is 14.1. The normalized spacial score (nSPS) is 16.8. The van der Waals surface area contributed by atoms with E-state index >= 15 is 4.39 Å². The number of anilines is 1. The standard InChI is InChI=1S/C36H37FN6O3/c1-8-30(44)41-18-23(6)42(19-22(41)5)34-28-17-29(37)32(27-16-25(46-7)15-24-11-9-10-12-26(24)27)39-35(28)43(36(45)40-34)33-21(4)13-14-38-31(33)20(2)3/h8-17,20,22-23H,1,18-19H2,2-7H3/t22-,23+/m1/s1. The van der Waals surface area contributed by atoms with Crippen LogP contribution in [-0.2, 0) is 4.79 Å². The van der Waals surface area contributed by atoms with Gasteiger partial charge in [0.05, 0.1) is 23.9 Å². The molecule has 1 amide bonds. The Labute approximate surface area is 267 Å². The van der Waals surface area contributed by atoms with Gasteiger partial charge in [0.25, 0.3) is 0 Å². The highest BCUT2D eigenvalue weighted by Gasteiger charge is 2.34. The number of rotatable bonds is 6. The maximum atomic E-state index is 16.5. The quantitative estimate of drug-likeness (QED) is 0.209. The van der Waals surface area contributed by atoms with Crippen molar-refractivity contribution >= 4 is 33.5 Å². The zero-order chi connectivity index (χ0) is 32.9. The van der Waals surface area contributed by atoms with Crippen molar-refractivity contribution in [3.63, 3.8) is 0 Å². The van der Waals surface area contributed by atoms with Crippen LogP contribution in [0.1, 0.15) is 44.9 Å². The van der Waals surface area contributed by atoms with Crippen LogP contribution >= 0.6 is 0 Å². The molecule has 0 spiro atoms. The highest BCUT2D eigenvalue weighted by atomic mass is 19.1. The van der Waals surface area contributed by atoms with Gasteiger partial charge < -0.3 is 14.5 Å². The molecule has 2 aromatic carbocycles. The number of ether oxygens (including phenoxy) is 1. The number of nitrogens with zero attached hydrogens (tertiary/aromatic N) is 6. The van der Waals surface area contributed by atoms with Gasteiger partial charge >= 0.3 is 5.69 Å². The van der Waals surface area contributed by atoms with E-state index in [1.54, 1.807) is 24.3 Å². The molecular formula is C36H37FN6O3. The van der Waals surface area contributed by atoms with Crippen molar-refractivity contribution in [3.8, 4) is 22.7 Å². The average Bonchev–Trinajstić information content (AvgIpc) is 3.04. The van der Waals surface area contributed by atoms with Gasteiger partial charge in [-0.25, -0.2) is 18.7 Å². The van der Waals surface area contributed by atoms with Crippen LogP contribution in [0.5, 0.6) is 5.75 Å². The molecular weight excluding hydrogens is 583 g/mol. The molecule has 1 aliphatic heterocycles. The fourth-order valence-corrected chi connectivity index (χ4v) is 6.44. The molecule has 1 saturated heterocycles. The number of pyridine rings is 2. The smallest absolute Gasteiger partial charge is 0.355 e. The predicted octanol–water partition coefficient (Wildman–Crippen LogP) is 6.19. The summed E-state index contributed by atoms with van der Waals surface area (Å²) < 4.78 is 23.5. The summed E-state index contributed by atoms with van der Waals surface area (Å²) in [5, 5.41) is 2.04. The van der Waals surface area contributed by atoms with Crippen molar-refractivity contribution < 1.29 is 13.9 Å². The van der Waals surface area contributed by atoms with Crippen molar-refractivity contribution in [3.05, 3.63) is 94.9 Å². The van der Waals surface area contributed by atoms with E-state index in [2.05, 4.69) is 16.5 Å². The zero-order valence-electron chi connectivity index (χ0n) is 26.9. The Morgan fingerprint density at radius 2 is 1.83 bits per heavy atom. The number of amides is 1. The number of benzene rings is 2. The Morgan fingerprint density at radius 1 is 1.07 bits per heavy atom. The number of carbonyl (C=O) groups is 1.